The Balaban J connectivity index is 2.61. The molecule has 1 atom stereocenters. The molecule has 1 unspecified atom stereocenters. The number of aliphatic carboxylic acids is 1. The van der Waals surface area contributed by atoms with Gasteiger partial charge in [-0.25, -0.2) is 4.79 Å². The van der Waals surface area contributed by atoms with Crippen LogP contribution in [-0.4, -0.2) is 32.8 Å². The van der Waals surface area contributed by atoms with Crippen molar-refractivity contribution in [2.24, 2.45) is 0 Å². The molecule has 0 aromatic carbocycles. The van der Waals surface area contributed by atoms with Gasteiger partial charge in [0.1, 0.15) is 12.6 Å². The number of hydrogen-bond donors (Lipinski definition) is 2. The lowest BCUT2D eigenvalue weighted by Gasteiger charge is -2.13. The number of allylic oxidation sites excluding steroid dienone is 1. The highest BCUT2D eigenvalue weighted by Crippen LogP contribution is 2.27. The number of nitrogens with zero attached hydrogens (tertiary/aromatic N) is 2. The molecule has 1 aromatic rings. The van der Waals surface area contributed by atoms with Crippen molar-refractivity contribution in [1.82, 2.24) is 15.1 Å². The van der Waals surface area contributed by atoms with Crippen LogP contribution < -0.4 is 5.32 Å². The molecule has 0 saturated carbocycles. The third kappa shape index (κ3) is 5.28. The molecule has 0 bridgehead atoms. The quantitative estimate of drug-likeness (QED) is 0.747. The summed E-state index contributed by atoms with van der Waals surface area (Å²) in [4.78, 5) is 22.5. The van der Waals surface area contributed by atoms with Crippen LogP contribution >= 0.6 is 0 Å². The lowest BCUT2D eigenvalue weighted by Crippen LogP contribution is -2.42. The largest absolute Gasteiger partial charge is 0.480 e. The topological polar surface area (TPSA) is 84.2 Å². The van der Waals surface area contributed by atoms with Crippen LogP contribution in [0.25, 0.3) is 0 Å². The molecule has 0 saturated heterocycles. The Hall–Kier alpha value is -2.32. The van der Waals surface area contributed by atoms with Crippen LogP contribution in [0.2, 0.25) is 0 Å². The van der Waals surface area contributed by atoms with Crippen molar-refractivity contribution in [3.05, 3.63) is 30.6 Å². The fourth-order valence-electron chi connectivity index (χ4n) is 1.53. The van der Waals surface area contributed by atoms with Crippen LogP contribution in [0.4, 0.5) is 13.2 Å². The average Bonchev–Trinajstić information content (AvgIpc) is 2.82. The van der Waals surface area contributed by atoms with E-state index in [1.165, 1.54) is 6.08 Å². The molecule has 1 heterocycles. The Bertz CT molecular complexity index is 525. The molecule has 0 aliphatic rings. The van der Waals surface area contributed by atoms with Gasteiger partial charge in [-0.3, -0.25) is 9.48 Å². The molecule has 1 rings (SSSR count). The highest BCUT2D eigenvalue weighted by molar-refractivity contribution is 5.83. The molecule has 0 radical (unpaired) electrons. The Morgan fingerprint density at radius 3 is 2.67 bits per heavy atom. The Kier molecular flexibility index (Phi) is 5.51. The Labute approximate surface area is 118 Å². The van der Waals surface area contributed by atoms with Crippen LogP contribution in [0.5, 0.6) is 0 Å². The van der Waals surface area contributed by atoms with E-state index < -0.39 is 36.3 Å². The summed E-state index contributed by atoms with van der Waals surface area (Å²) in [6.45, 7) is 2.95. The smallest absolute Gasteiger partial charge is 0.435 e. The maximum atomic E-state index is 12.3. The Morgan fingerprint density at radius 1 is 1.52 bits per heavy atom. The number of halogens is 3. The number of carboxylic acids is 1. The highest BCUT2D eigenvalue weighted by atomic mass is 19.4. The van der Waals surface area contributed by atoms with Gasteiger partial charge in [0.15, 0.2) is 5.69 Å². The first kappa shape index (κ1) is 16.7. The normalized spacial score (nSPS) is 12.7. The number of carbonyl (C=O) groups is 2. The standard InChI is InChI=1S/C12H14F3N3O3/c1-2-3-4-8(11(20)21)16-10(19)7-18-6-5-9(17-18)12(13,14)15/h2,5-6,8H,1,3-4,7H2,(H,16,19)(H,20,21). The maximum Gasteiger partial charge on any atom is 0.435 e. The SMILES string of the molecule is C=CCCC(NC(=O)Cn1ccc(C(F)(F)F)n1)C(=O)O. The first-order valence-corrected chi connectivity index (χ1v) is 5.97. The van der Waals surface area contributed by atoms with Gasteiger partial charge in [0.05, 0.1) is 0 Å². The van der Waals surface area contributed by atoms with Crippen LogP contribution in [0.3, 0.4) is 0 Å². The minimum atomic E-state index is -4.59. The molecule has 0 aliphatic carbocycles. The summed E-state index contributed by atoms with van der Waals surface area (Å²) < 4.78 is 37.8. The molecular formula is C12H14F3N3O3. The van der Waals surface area contributed by atoms with Gasteiger partial charge in [-0.15, -0.1) is 6.58 Å². The summed E-state index contributed by atoms with van der Waals surface area (Å²) in [6.07, 6.45) is -1.54. The van der Waals surface area contributed by atoms with Gasteiger partial charge in [0.25, 0.3) is 0 Å². The molecule has 2 N–H and O–H groups in total. The lowest BCUT2D eigenvalue weighted by molar-refractivity contribution is -0.142. The number of hydrogen-bond acceptors (Lipinski definition) is 3. The van der Waals surface area contributed by atoms with Gasteiger partial charge in [-0.2, -0.15) is 18.3 Å². The van der Waals surface area contributed by atoms with Crippen molar-refractivity contribution < 1.29 is 27.9 Å². The van der Waals surface area contributed by atoms with E-state index in [-0.39, 0.29) is 6.42 Å². The molecular weight excluding hydrogens is 291 g/mol. The number of aromatic nitrogens is 2. The summed E-state index contributed by atoms with van der Waals surface area (Å²) in [5.74, 6) is -1.95. The van der Waals surface area contributed by atoms with Crippen molar-refractivity contribution in [2.45, 2.75) is 31.6 Å². The van der Waals surface area contributed by atoms with Crippen LogP contribution in [0.15, 0.2) is 24.9 Å². The Morgan fingerprint density at radius 2 is 2.19 bits per heavy atom. The van der Waals surface area contributed by atoms with Crippen molar-refractivity contribution in [3.8, 4) is 0 Å². The molecule has 6 nitrogen and oxygen atoms in total. The summed E-state index contributed by atoms with van der Waals surface area (Å²) in [7, 11) is 0. The second-order valence-electron chi connectivity index (χ2n) is 4.22. The van der Waals surface area contributed by atoms with E-state index >= 15 is 0 Å². The molecule has 0 aliphatic heterocycles. The summed E-state index contributed by atoms with van der Waals surface area (Å²) in [5.41, 5.74) is -1.11. The van der Waals surface area contributed by atoms with Crippen molar-refractivity contribution >= 4 is 11.9 Å². The fraction of sp³-hybridized carbons (Fsp3) is 0.417. The minimum Gasteiger partial charge on any atom is -0.480 e. The van der Waals surface area contributed by atoms with Gasteiger partial charge >= 0.3 is 12.1 Å². The fourth-order valence-corrected chi connectivity index (χ4v) is 1.53. The molecule has 21 heavy (non-hydrogen) atoms. The van der Waals surface area contributed by atoms with E-state index in [4.69, 9.17) is 5.11 Å². The molecule has 0 fully saturated rings. The van der Waals surface area contributed by atoms with Crippen LogP contribution in [0, 0.1) is 0 Å². The zero-order valence-corrected chi connectivity index (χ0v) is 10.9. The first-order chi connectivity index (χ1) is 9.74. The van der Waals surface area contributed by atoms with Crippen LogP contribution in [0.1, 0.15) is 18.5 Å². The number of nitrogens with one attached hydrogen (secondary N) is 1. The second-order valence-corrected chi connectivity index (χ2v) is 4.22. The monoisotopic (exact) mass is 305 g/mol. The molecule has 1 amide bonds. The zero-order valence-electron chi connectivity index (χ0n) is 10.9. The molecule has 0 spiro atoms. The van der Waals surface area contributed by atoms with Gasteiger partial charge in [0, 0.05) is 6.20 Å². The summed E-state index contributed by atoms with van der Waals surface area (Å²) in [5, 5.41) is 14.3. The first-order valence-electron chi connectivity index (χ1n) is 5.97. The van der Waals surface area contributed by atoms with E-state index in [0.29, 0.717) is 6.42 Å². The third-order valence-electron chi connectivity index (χ3n) is 2.53. The van der Waals surface area contributed by atoms with E-state index in [2.05, 4.69) is 17.0 Å². The minimum absolute atomic E-state index is 0.150. The van der Waals surface area contributed by atoms with E-state index in [0.717, 1.165) is 16.9 Å². The summed E-state index contributed by atoms with van der Waals surface area (Å²) in [6, 6.07) is -0.382. The van der Waals surface area contributed by atoms with E-state index in [1.54, 1.807) is 0 Å². The number of carboxylic acid groups (broad SMARTS) is 1. The van der Waals surface area contributed by atoms with Crippen molar-refractivity contribution in [1.29, 1.82) is 0 Å². The average molecular weight is 305 g/mol. The zero-order chi connectivity index (χ0) is 16.0. The lowest BCUT2D eigenvalue weighted by atomic mass is 10.1. The third-order valence-corrected chi connectivity index (χ3v) is 2.53. The summed E-state index contributed by atoms with van der Waals surface area (Å²) >= 11 is 0. The highest BCUT2D eigenvalue weighted by Gasteiger charge is 2.33. The van der Waals surface area contributed by atoms with E-state index in [1.807, 2.05) is 0 Å². The number of carbonyl (C=O) groups excluding carboxylic acids is 1. The van der Waals surface area contributed by atoms with Gasteiger partial charge in [-0.1, -0.05) is 6.08 Å². The van der Waals surface area contributed by atoms with Gasteiger partial charge in [-0.05, 0) is 18.9 Å². The number of rotatable bonds is 7. The second kappa shape index (κ2) is 6.91. The van der Waals surface area contributed by atoms with Gasteiger partial charge < -0.3 is 10.4 Å². The number of alkyl halides is 3. The predicted molar refractivity (Wildman–Crippen MR) is 66.2 cm³/mol. The molecule has 9 heteroatoms. The van der Waals surface area contributed by atoms with Crippen LogP contribution in [-0.2, 0) is 22.3 Å². The van der Waals surface area contributed by atoms with E-state index in [9.17, 15) is 22.8 Å². The maximum absolute atomic E-state index is 12.3. The predicted octanol–water partition coefficient (Wildman–Crippen LogP) is 1.44. The van der Waals surface area contributed by atoms with Gasteiger partial charge in [0.2, 0.25) is 5.91 Å². The molecule has 1 aromatic heterocycles. The van der Waals surface area contributed by atoms with Crippen molar-refractivity contribution in [3.63, 3.8) is 0 Å². The number of amides is 1. The van der Waals surface area contributed by atoms with Crippen molar-refractivity contribution in [2.75, 3.05) is 0 Å². The molecule has 116 valence electrons.